The van der Waals surface area contributed by atoms with Crippen LogP contribution in [0.4, 0.5) is 0 Å². The monoisotopic (exact) mass is 208 g/mol. The average molecular weight is 208 g/mol. The summed E-state index contributed by atoms with van der Waals surface area (Å²) >= 11 is -2.17. The van der Waals surface area contributed by atoms with Gasteiger partial charge in [0.25, 0.3) is 0 Å². The quantitative estimate of drug-likeness (QED) is 0.670. The van der Waals surface area contributed by atoms with E-state index in [1.807, 2.05) is 42.8 Å². The van der Waals surface area contributed by atoms with E-state index in [2.05, 4.69) is 0 Å². The van der Waals surface area contributed by atoms with Crippen LogP contribution in [0.2, 0.25) is 0 Å². The Morgan fingerprint density at radius 1 is 1.36 bits per heavy atom. The largest absolute Gasteiger partial charge is 0.768 e. The molecule has 0 aliphatic carbocycles. The van der Waals surface area contributed by atoms with Gasteiger partial charge in [0, 0.05) is 23.6 Å². The van der Waals surface area contributed by atoms with E-state index in [1.54, 1.807) is 0 Å². The molecule has 0 radical (unpaired) electrons. The third-order valence-corrected chi connectivity index (χ3v) is 3.36. The molecule has 0 N–H and O–H groups in total. The Morgan fingerprint density at radius 2 is 2.00 bits per heavy atom. The summed E-state index contributed by atoms with van der Waals surface area (Å²) in [7, 11) is 1.87. The van der Waals surface area contributed by atoms with Crippen LogP contribution in [0.15, 0.2) is 29.2 Å². The van der Waals surface area contributed by atoms with Crippen molar-refractivity contribution in [3.8, 4) is 0 Å². The van der Waals surface area contributed by atoms with E-state index in [0.29, 0.717) is 4.90 Å². The highest BCUT2D eigenvalue weighted by Crippen LogP contribution is 2.26. The number of rotatable bonds is 1. The van der Waals surface area contributed by atoms with E-state index in [9.17, 15) is 8.76 Å². The van der Waals surface area contributed by atoms with Crippen LogP contribution in [0.5, 0.6) is 0 Å². The summed E-state index contributed by atoms with van der Waals surface area (Å²) < 4.78 is 24.0. The van der Waals surface area contributed by atoms with E-state index in [0.717, 1.165) is 16.6 Å². The fourth-order valence-electron chi connectivity index (χ4n) is 1.70. The van der Waals surface area contributed by atoms with Crippen LogP contribution in [-0.2, 0) is 18.1 Å². The molecular weight excluding hydrogens is 198 g/mol. The normalized spacial score (nSPS) is 13.4. The number of aryl methyl sites for hydroxylation is 1. The highest BCUT2D eigenvalue weighted by atomic mass is 32.2. The van der Waals surface area contributed by atoms with Crippen LogP contribution in [-0.4, -0.2) is 13.3 Å². The molecule has 2 aromatic rings. The third-order valence-electron chi connectivity index (χ3n) is 2.51. The van der Waals surface area contributed by atoms with Crippen molar-refractivity contribution in [2.45, 2.75) is 11.8 Å². The smallest absolute Gasteiger partial charge is 0.0533 e. The highest BCUT2D eigenvalue weighted by molar-refractivity contribution is 7.79. The van der Waals surface area contributed by atoms with Crippen LogP contribution < -0.4 is 0 Å². The second-order valence-electron chi connectivity index (χ2n) is 3.23. The first kappa shape index (κ1) is 9.43. The van der Waals surface area contributed by atoms with Crippen LogP contribution in [0, 0.1) is 6.92 Å². The molecule has 0 saturated carbocycles. The zero-order valence-electron chi connectivity index (χ0n) is 7.98. The van der Waals surface area contributed by atoms with Crippen molar-refractivity contribution in [3.05, 3.63) is 30.0 Å². The molecule has 0 saturated heterocycles. The minimum absolute atomic E-state index is 0.406. The first-order valence-electron chi connectivity index (χ1n) is 4.26. The maximum Gasteiger partial charge on any atom is 0.0533 e. The van der Waals surface area contributed by atoms with Crippen LogP contribution in [0.3, 0.4) is 0 Å². The van der Waals surface area contributed by atoms with Gasteiger partial charge in [0.1, 0.15) is 0 Å². The topological polar surface area (TPSA) is 45.1 Å². The van der Waals surface area contributed by atoms with E-state index >= 15 is 0 Å². The second kappa shape index (κ2) is 3.22. The number of nitrogens with zero attached hydrogens (tertiary/aromatic N) is 1. The maximum absolute atomic E-state index is 11.0. The van der Waals surface area contributed by atoms with Gasteiger partial charge in [0.2, 0.25) is 0 Å². The van der Waals surface area contributed by atoms with E-state index < -0.39 is 11.1 Å². The summed E-state index contributed by atoms with van der Waals surface area (Å²) in [5, 5.41) is 0.792. The molecular formula is C10H10NO2S-. The summed E-state index contributed by atoms with van der Waals surface area (Å²) in [4.78, 5) is 0.406. The predicted molar refractivity (Wildman–Crippen MR) is 54.8 cm³/mol. The molecule has 4 heteroatoms. The van der Waals surface area contributed by atoms with Crippen molar-refractivity contribution in [3.63, 3.8) is 0 Å². The van der Waals surface area contributed by atoms with E-state index in [1.165, 1.54) is 0 Å². The Hall–Kier alpha value is -1.13. The van der Waals surface area contributed by atoms with Crippen molar-refractivity contribution in [1.82, 2.24) is 4.57 Å². The first-order chi connectivity index (χ1) is 6.63. The third kappa shape index (κ3) is 1.19. The van der Waals surface area contributed by atoms with Crippen molar-refractivity contribution in [2.75, 3.05) is 0 Å². The Kier molecular flexibility index (Phi) is 2.17. The van der Waals surface area contributed by atoms with Gasteiger partial charge < -0.3 is 9.12 Å². The summed E-state index contributed by atoms with van der Waals surface area (Å²) in [6.45, 7) is 1.81. The molecule has 1 atom stereocenters. The molecule has 1 aromatic heterocycles. The summed E-state index contributed by atoms with van der Waals surface area (Å²) in [6.07, 6.45) is 0. The molecule has 0 spiro atoms. The Morgan fingerprint density at radius 3 is 2.64 bits per heavy atom. The lowest BCUT2D eigenvalue weighted by molar-refractivity contribution is 0.537. The van der Waals surface area contributed by atoms with Gasteiger partial charge >= 0.3 is 0 Å². The van der Waals surface area contributed by atoms with Gasteiger partial charge in [-0.05, 0) is 24.1 Å². The molecule has 3 nitrogen and oxygen atoms in total. The standard InChI is InChI=1S/C10H11NO2S/c1-7-10(14(12)13)8-5-3-4-6-9(8)11(7)2/h3-6H,1-2H3,(H,12,13)/p-1. The molecule has 0 amide bonds. The molecule has 1 unspecified atom stereocenters. The minimum Gasteiger partial charge on any atom is -0.768 e. The zero-order chi connectivity index (χ0) is 10.3. The zero-order valence-corrected chi connectivity index (χ0v) is 8.80. The summed E-state index contributed by atoms with van der Waals surface area (Å²) in [5.41, 5.74) is 1.73. The van der Waals surface area contributed by atoms with Gasteiger partial charge in [-0.15, -0.1) is 0 Å². The molecule has 0 aliphatic rings. The Labute approximate surface area is 84.6 Å². The molecule has 74 valence electrons. The number of aromatic nitrogens is 1. The summed E-state index contributed by atoms with van der Waals surface area (Å²) in [5.74, 6) is 0. The van der Waals surface area contributed by atoms with Crippen molar-refractivity contribution >= 4 is 22.0 Å². The molecule has 0 bridgehead atoms. The van der Waals surface area contributed by atoms with Crippen LogP contribution in [0.1, 0.15) is 5.69 Å². The van der Waals surface area contributed by atoms with Crippen molar-refractivity contribution in [2.24, 2.45) is 7.05 Å². The highest BCUT2D eigenvalue weighted by Gasteiger charge is 2.10. The fourth-order valence-corrected chi connectivity index (χ4v) is 2.43. The summed E-state index contributed by atoms with van der Waals surface area (Å²) in [6, 6.07) is 7.49. The van der Waals surface area contributed by atoms with Gasteiger partial charge in [-0.1, -0.05) is 18.2 Å². The molecule has 0 fully saturated rings. The van der Waals surface area contributed by atoms with Crippen molar-refractivity contribution in [1.29, 1.82) is 0 Å². The minimum atomic E-state index is -2.17. The number of hydrogen-bond donors (Lipinski definition) is 0. The van der Waals surface area contributed by atoms with Gasteiger partial charge in [-0.3, -0.25) is 4.21 Å². The van der Waals surface area contributed by atoms with Crippen LogP contribution in [0.25, 0.3) is 10.9 Å². The Balaban J connectivity index is 2.95. The maximum atomic E-state index is 11.0. The Bertz CT molecular complexity index is 516. The lowest BCUT2D eigenvalue weighted by atomic mass is 10.2. The molecule has 14 heavy (non-hydrogen) atoms. The second-order valence-corrected chi connectivity index (χ2v) is 4.10. The number of para-hydroxylation sites is 1. The van der Waals surface area contributed by atoms with Gasteiger partial charge in [-0.25, -0.2) is 0 Å². The molecule has 2 rings (SSSR count). The SMILES string of the molecule is Cc1c(S(=O)[O-])c2ccccc2n1C. The van der Waals surface area contributed by atoms with Gasteiger partial charge in [0.15, 0.2) is 0 Å². The number of hydrogen-bond acceptors (Lipinski definition) is 2. The number of benzene rings is 1. The predicted octanol–water partition coefficient (Wildman–Crippen LogP) is 1.72. The fraction of sp³-hybridized carbons (Fsp3) is 0.200. The van der Waals surface area contributed by atoms with Crippen LogP contribution >= 0.6 is 0 Å². The van der Waals surface area contributed by atoms with Gasteiger partial charge in [0.05, 0.1) is 4.90 Å². The van der Waals surface area contributed by atoms with Gasteiger partial charge in [-0.2, -0.15) is 0 Å². The average Bonchev–Trinajstić information content (AvgIpc) is 2.41. The molecule has 1 heterocycles. The molecule has 0 aliphatic heterocycles. The lowest BCUT2D eigenvalue weighted by Crippen LogP contribution is -1.94. The molecule has 1 aromatic carbocycles. The number of fused-ring (bicyclic) bond motifs is 1. The lowest BCUT2D eigenvalue weighted by Gasteiger charge is -2.04. The first-order valence-corrected chi connectivity index (χ1v) is 5.33. The van der Waals surface area contributed by atoms with E-state index in [-0.39, 0.29) is 0 Å². The van der Waals surface area contributed by atoms with E-state index in [4.69, 9.17) is 0 Å². The van der Waals surface area contributed by atoms with Crippen molar-refractivity contribution < 1.29 is 8.76 Å².